The molecule has 2 aliphatic heterocycles. The summed E-state index contributed by atoms with van der Waals surface area (Å²) in [5.74, 6) is 0.629. The predicted octanol–water partition coefficient (Wildman–Crippen LogP) is 6.15. The number of carbonyl (C=O) groups is 1. The molecule has 2 saturated heterocycles. The number of methoxy groups -OCH3 is 1. The van der Waals surface area contributed by atoms with Gasteiger partial charge in [-0.3, -0.25) is 0 Å². The van der Waals surface area contributed by atoms with E-state index in [1.165, 1.54) is 12.1 Å². The topological polar surface area (TPSA) is 131 Å². The number of rotatable bonds is 13. The van der Waals surface area contributed by atoms with E-state index in [1.807, 2.05) is 91.0 Å². The number of hydrogen-bond acceptors (Lipinski definition) is 11. The van der Waals surface area contributed by atoms with Crippen LogP contribution >= 0.6 is 0 Å². The fraction of sp³-hybridized carbons (Fsp3) is 0.262. The van der Waals surface area contributed by atoms with E-state index in [4.69, 9.17) is 37.9 Å². The first-order chi connectivity index (χ1) is 25.9. The fourth-order valence-electron chi connectivity index (χ4n) is 6.08. The number of aliphatic hydroxyl groups excluding tert-OH is 2. The fourth-order valence-corrected chi connectivity index (χ4v) is 6.08. The molecular formula is C42H40O11. The Morgan fingerprint density at radius 3 is 1.75 bits per heavy atom. The molecule has 0 spiro atoms. The zero-order valence-corrected chi connectivity index (χ0v) is 29.0. The van der Waals surface area contributed by atoms with Gasteiger partial charge in [0.1, 0.15) is 43.9 Å². The maximum Gasteiger partial charge on any atom is 0.338 e. The van der Waals surface area contributed by atoms with Crippen molar-refractivity contribution >= 4 is 5.97 Å². The lowest BCUT2D eigenvalue weighted by Gasteiger charge is -2.46. The summed E-state index contributed by atoms with van der Waals surface area (Å²) in [6.07, 6.45) is -7.25. The van der Waals surface area contributed by atoms with E-state index >= 15 is 0 Å². The van der Waals surface area contributed by atoms with Crippen molar-refractivity contribution in [2.24, 2.45) is 0 Å². The van der Waals surface area contributed by atoms with Gasteiger partial charge in [0.2, 0.25) is 5.75 Å². The molecule has 2 heterocycles. The summed E-state index contributed by atoms with van der Waals surface area (Å²) in [6.45, 7) is 0.572. The van der Waals surface area contributed by atoms with Crippen LogP contribution in [-0.2, 0) is 38.8 Å². The standard InChI is InChI=1S/C42H40O11/c1-46-32-19-17-30(18-20-32)42-50-26-35-38(53-42)39(36(43)41(45)51-35)52-40(44)31-21-33(47-23-27-11-5-2-6-12-27)37(49-25-29-15-9-4-10-16-29)34(22-31)48-24-28-13-7-3-8-14-28/h2-22,35-36,38-39,41-43,45H,23-26H2,1H3/t35-,36-,38-,39-,41?,42?/m1/s1. The van der Waals surface area contributed by atoms with E-state index in [-0.39, 0.29) is 43.5 Å². The number of aliphatic hydroxyl groups is 2. The summed E-state index contributed by atoms with van der Waals surface area (Å²) in [5, 5.41) is 21.7. The van der Waals surface area contributed by atoms with Crippen LogP contribution in [0.1, 0.15) is 38.9 Å². The molecule has 0 bridgehead atoms. The molecule has 5 aromatic carbocycles. The van der Waals surface area contributed by atoms with Crippen molar-refractivity contribution in [1.29, 1.82) is 0 Å². The third-order valence-corrected chi connectivity index (χ3v) is 8.91. The van der Waals surface area contributed by atoms with Gasteiger partial charge >= 0.3 is 5.97 Å². The minimum Gasteiger partial charge on any atom is -0.497 e. The molecule has 0 saturated carbocycles. The van der Waals surface area contributed by atoms with Gasteiger partial charge in [0.15, 0.2) is 30.2 Å². The zero-order chi connectivity index (χ0) is 36.6. The van der Waals surface area contributed by atoms with Crippen molar-refractivity contribution in [1.82, 2.24) is 0 Å². The van der Waals surface area contributed by atoms with Gasteiger partial charge in [-0.1, -0.05) is 103 Å². The minimum atomic E-state index is -1.65. The Morgan fingerprint density at radius 1 is 0.698 bits per heavy atom. The number of hydrogen-bond donors (Lipinski definition) is 2. The average molecular weight is 721 g/mol. The molecule has 2 unspecified atom stereocenters. The van der Waals surface area contributed by atoms with Gasteiger partial charge in [-0.05, 0) is 41.0 Å². The SMILES string of the molecule is COc1ccc(C2OC[C@H]3OC(O)[C@H](O)[C@@H](OC(=O)c4cc(OCc5ccccc5)c(OCc5ccccc5)c(OCc5ccccc5)c4)[C@@H]3O2)cc1. The third kappa shape index (κ3) is 8.79. The molecular weight excluding hydrogens is 680 g/mol. The highest BCUT2D eigenvalue weighted by Crippen LogP contribution is 2.42. The summed E-state index contributed by atoms with van der Waals surface area (Å²) >= 11 is 0. The Morgan fingerprint density at radius 2 is 1.23 bits per heavy atom. The second-order valence-corrected chi connectivity index (χ2v) is 12.6. The third-order valence-electron chi connectivity index (χ3n) is 8.91. The highest BCUT2D eigenvalue weighted by Gasteiger charge is 2.51. The molecule has 7 rings (SSSR count). The summed E-state index contributed by atoms with van der Waals surface area (Å²) in [7, 11) is 1.57. The van der Waals surface area contributed by atoms with Gasteiger partial charge in [-0.2, -0.15) is 0 Å². The van der Waals surface area contributed by atoms with Gasteiger partial charge in [-0.25, -0.2) is 4.79 Å². The predicted molar refractivity (Wildman–Crippen MR) is 191 cm³/mol. The van der Waals surface area contributed by atoms with Crippen LogP contribution in [0.5, 0.6) is 23.0 Å². The molecule has 0 aromatic heterocycles. The largest absolute Gasteiger partial charge is 0.497 e. The van der Waals surface area contributed by atoms with Crippen molar-refractivity contribution in [3.05, 3.63) is 155 Å². The lowest BCUT2D eigenvalue weighted by atomic mass is 9.97. The van der Waals surface area contributed by atoms with Gasteiger partial charge in [0.05, 0.1) is 19.3 Å². The Bertz CT molecular complexity index is 1860. The quantitative estimate of drug-likeness (QED) is 0.136. The van der Waals surface area contributed by atoms with Gasteiger partial charge in [0, 0.05) is 5.56 Å². The van der Waals surface area contributed by atoms with Crippen LogP contribution in [0, 0.1) is 0 Å². The number of esters is 1. The molecule has 2 fully saturated rings. The average Bonchev–Trinajstić information content (AvgIpc) is 3.21. The van der Waals surface area contributed by atoms with Gasteiger partial charge in [-0.15, -0.1) is 0 Å². The smallest absolute Gasteiger partial charge is 0.338 e. The zero-order valence-electron chi connectivity index (χ0n) is 29.0. The van der Waals surface area contributed by atoms with Crippen molar-refractivity contribution in [3.63, 3.8) is 0 Å². The van der Waals surface area contributed by atoms with E-state index in [9.17, 15) is 15.0 Å². The highest BCUT2D eigenvalue weighted by atomic mass is 16.7. The molecule has 2 aliphatic rings. The van der Waals surface area contributed by atoms with E-state index in [2.05, 4.69) is 0 Å². The van der Waals surface area contributed by atoms with Crippen LogP contribution in [0.4, 0.5) is 0 Å². The Kier molecular flexibility index (Phi) is 11.5. The van der Waals surface area contributed by atoms with E-state index in [1.54, 1.807) is 31.4 Å². The van der Waals surface area contributed by atoms with Crippen molar-refractivity contribution in [2.75, 3.05) is 13.7 Å². The molecule has 0 aliphatic carbocycles. The first kappa shape index (κ1) is 36.0. The Labute approximate surface area is 307 Å². The van der Waals surface area contributed by atoms with Gasteiger partial charge in [0.25, 0.3) is 0 Å². The van der Waals surface area contributed by atoms with E-state index in [0.29, 0.717) is 17.1 Å². The molecule has 11 heteroatoms. The molecule has 5 aromatic rings. The van der Waals surface area contributed by atoms with Crippen molar-refractivity contribution < 1.29 is 52.9 Å². The monoisotopic (exact) mass is 720 g/mol. The summed E-state index contributed by atoms with van der Waals surface area (Å²) in [6, 6.07) is 39.0. The molecule has 0 amide bonds. The Hall–Kier alpha value is -5.43. The van der Waals surface area contributed by atoms with Crippen molar-refractivity contribution in [3.8, 4) is 23.0 Å². The highest BCUT2D eigenvalue weighted by molar-refractivity contribution is 5.91. The van der Waals surface area contributed by atoms with Crippen LogP contribution < -0.4 is 18.9 Å². The molecule has 2 N–H and O–H groups in total. The molecule has 274 valence electrons. The number of ether oxygens (including phenoxy) is 8. The first-order valence-electron chi connectivity index (χ1n) is 17.3. The normalized spacial score (nSPS) is 22.2. The minimum absolute atomic E-state index is 0.0155. The maximum atomic E-state index is 14.1. The first-order valence-corrected chi connectivity index (χ1v) is 17.3. The number of benzene rings is 5. The van der Waals surface area contributed by atoms with Crippen LogP contribution in [-0.4, -0.2) is 60.6 Å². The second kappa shape index (κ2) is 16.9. The maximum absolute atomic E-state index is 14.1. The summed E-state index contributed by atoms with van der Waals surface area (Å²) in [5.41, 5.74) is 3.46. The molecule has 53 heavy (non-hydrogen) atoms. The van der Waals surface area contributed by atoms with Crippen molar-refractivity contribution in [2.45, 2.75) is 56.8 Å². The van der Waals surface area contributed by atoms with Crippen LogP contribution in [0.25, 0.3) is 0 Å². The molecule has 0 radical (unpaired) electrons. The van der Waals surface area contributed by atoms with E-state index in [0.717, 1.165) is 16.7 Å². The van der Waals surface area contributed by atoms with E-state index < -0.39 is 43.0 Å². The second-order valence-electron chi connectivity index (χ2n) is 12.6. The lowest BCUT2D eigenvalue weighted by molar-refractivity contribution is -0.353. The van der Waals surface area contributed by atoms with Crippen LogP contribution in [0.2, 0.25) is 0 Å². The summed E-state index contributed by atoms with van der Waals surface area (Å²) < 4.78 is 47.9. The molecule has 6 atom stereocenters. The summed E-state index contributed by atoms with van der Waals surface area (Å²) in [4.78, 5) is 14.1. The van der Waals surface area contributed by atoms with Crippen LogP contribution in [0.15, 0.2) is 127 Å². The number of fused-ring (bicyclic) bond motifs is 1. The lowest BCUT2D eigenvalue weighted by Crippen LogP contribution is -2.62. The Balaban J connectivity index is 1.19. The molecule has 11 nitrogen and oxygen atoms in total. The van der Waals surface area contributed by atoms with Gasteiger partial charge < -0.3 is 48.1 Å². The van der Waals surface area contributed by atoms with Crippen LogP contribution in [0.3, 0.4) is 0 Å². The number of carbonyl (C=O) groups excluding carboxylic acids is 1.